The summed E-state index contributed by atoms with van der Waals surface area (Å²) in [7, 11) is 0. The highest BCUT2D eigenvalue weighted by Gasteiger charge is 2.48. The average Bonchev–Trinajstić information content (AvgIpc) is 2.93. The summed E-state index contributed by atoms with van der Waals surface area (Å²) >= 11 is 0. The summed E-state index contributed by atoms with van der Waals surface area (Å²) in [4.78, 5) is 14.9. The zero-order chi connectivity index (χ0) is 25.8. The Kier molecular flexibility index (Phi) is 7.28. The molecule has 1 N–H and O–H groups in total. The summed E-state index contributed by atoms with van der Waals surface area (Å²) in [6, 6.07) is 28.9. The van der Waals surface area contributed by atoms with E-state index in [1.807, 2.05) is 54.6 Å². The smallest absolute Gasteiger partial charge is 0.233 e. The Hall–Kier alpha value is -4.03. The molecule has 1 amide bonds. The van der Waals surface area contributed by atoms with E-state index >= 15 is 0 Å². The van der Waals surface area contributed by atoms with Gasteiger partial charge in [0.1, 0.15) is 24.0 Å². The zero-order valence-electron chi connectivity index (χ0n) is 20.1. The first-order valence-electron chi connectivity index (χ1n) is 12.3. The lowest BCUT2D eigenvalue weighted by atomic mass is 9.78. The van der Waals surface area contributed by atoms with Gasteiger partial charge in [0.2, 0.25) is 5.91 Å². The number of ether oxygens (including phenoxy) is 1. The molecule has 6 heteroatoms. The van der Waals surface area contributed by atoms with Crippen molar-refractivity contribution >= 4 is 11.6 Å². The quantitative estimate of drug-likeness (QED) is 0.259. The molecule has 0 bridgehead atoms. The van der Waals surface area contributed by atoms with Gasteiger partial charge in [0.25, 0.3) is 0 Å². The van der Waals surface area contributed by atoms with Gasteiger partial charge < -0.3 is 14.7 Å². The highest BCUT2D eigenvalue weighted by molar-refractivity contribution is 6.03. The molecule has 4 aromatic carbocycles. The van der Waals surface area contributed by atoms with Crippen LogP contribution < -0.4 is 9.64 Å². The van der Waals surface area contributed by atoms with Crippen molar-refractivity contribution in [1.82, 2.24) is 0 Å². The van der Waals surface area contributed by atoms with E-state index in [9.17, 15) is 18.7 Å². The Balaban J connectivity index is 1.32. The van der Waals surface area contributed by atoms with Crippen molar-refractivity contribution in [3.63, 3.8) is 0 Å². The van der Waals surface area contributed by atoms with E-state index in [2.05, 4.69) is 0 Å². The number of carbonyl (C=O) groups is 1. The lowest BCUT2D eigenvalue weighted by Crippen LogP contribution is -2.55. The average molecular weight is 500 g/mol. The predicted octanol–water partition coefficient (Wildman–Crippen LogP) is 6.76. The van der Waals surface area contributed by atoms with Crippen LogP contribution in [0.5, 0.6) is 5.75 Å². The first-order valence-corrected chi connectivity index (χ1v) is 12.3. The van der Waals surface area contributed by atoms with Crippen LogP contribution in [0.2, 0.25) is 0 Å². The van der Waals surface area contributed by atoms with Crippen LogP contribution in [0.3, 0.4) is 0 Å². The molecule has 4 aromatic rings. The maximum absolute atomic E-state index is 13.5. The second-order valence-electron chi connectivity index (χ2n) is 9.22. The third-order valence-corrected chi connectivity index (χ3v) is 6.79. The fourth-order valence-corrected chi connectivity index (χ4v) is 4.79. The first-order chi connectivity index (χ1) is 18.0. The summed E-state index contributed by atoms with van der Waals surface area (Å²) in [5, 5.41) is 10.6. The SMILES string of the molecule is O=C1C(CC[C@H](O)c2ccc(F)cc2)[C@@H](c2ccc(OCc3ccccc3)cc2)N1c1ccc(F)cc1. The Morgan fingerprint density at radius 1 is 0.811 bits per heavy atom. The van der Waals surface area contributed by atoms with E-state index in [0.717, 1.165) is 16.9 Å². The van der Waals surface area contributed by atoms with Gasteiger partial charge >= 0.3 is 0 Å². The standard InChI is InChI=1S/C31H27F2NO3/c32-24-10-6-22(7-11-24)29(35)19-18-28-30(34(31(28)36)26-14-12-25(33)13-15-26)23-8-16-27(17-9-23)37-20-21-4-2-1-3-5-21/h1-17,28-30,35H,18-20H2/t28?,29-,30+/m0/s1. The van der Waals surface area contributed by atoms with E-state index in [0.29, 0.717) is 30.7 Å². The summed E-state index contributed by atoms with van der Waals surface area (Å²) in [5.74, 6) is -0.443. The number of aliphatic hydroxyl groups is 1. The van der Waals surface area contributed by atoms with Crippen molar-refractivity contribution < 1.29 is 23.4 Å². The van der Waals surface area contributed by atoms with Crippen LogP contribution in [0.15, 0.2) is 103 Å². The van der Waals surface area contributed by atoms with Gasteiger partial charge in [-0.05, 0) is 78.1 Å². The van der Waals surface area contributed by atoms with E-state index in [1.165, 1.54) is 24.3 Å². The van der Waals surface area contributed by atoms with Gasteiger partial charge in [0.15, 0.2) is 0 Å². The van der Waals surface area contributed by atoms with Crippen LogP contribution in [0, 0.1) is 17.6 Å². The van der Waals surface area contributed by atoms with Crippen molar-refractivity contribution in [1.29, 1.82) is 0 Å². The van der Waals surface area contributed by atoms with Gasteiger partial charge in [-0.25, -0.2) is 8.78 Å². The third-order valence-electron chi connectivity index (χ3n) is 6.79. The molecule has 1 heterocycles. The minimum Gasteiger partial charge on any atom is -0.489 e. The number of anilines is 1. The van der Waals surface area contributed by atoms with Crippen LogP contribution in [-0.2, 0) is 11.4 Å². The second-order valence-corrected chi connectivity index (χ2v) is 9.22. The largest absolute Gasteiger partial charge is 0.489 e. The number of benzene rings is 4. The van der Waals surface area contributed by atoms with Gasteiger partial charge in [-0.3, -0.25) is 4.79 Å². The maximum Gasteiger partial charge on any atom is 0.233 e. The number of rotatable bonds is 9. The van der Waals surface area contributed by atoms with Crippen LogP contribution in [0.4, 0.5) is 14.5 Å². The number of nitrogens with zero attached hydrogens (tertiary/aromatic N) is 1. The normalized spacial score (nSPS) is 17.8. The fourth-order valence-electron chi connectivity index (χ4n) is 4.79. The zero-order valence-corrected chi connectivity index (χ0v) is 20.1. The van der Waals surface area contributed by atoms with Gasteiger partial charge in [-0.15, -0.1) is 0 Å². The maximum atomic E-state index is 13.5. The predicted molar refractivity (Wildman–Crippen MR) is 138 cm³/mol. The topological polar surface area (TPSA) is 49.8 Å². The molecule has 1 aliphatic heterocycles. The van der Waals surface area contributed by atoms with Gasteiger partial charge in [0, 0.05) is 5.69 Å². The molecule has 3 atom stereocenters. The molecule has 0 aliphatic carbocycles. The molecule has 0 aromatic heterocycles. The minimum atomic E-state index is -0.803. The highest BCUT2D eigenvalue weighted by atomic mass is 19.1. The number of carbonyl (C=O) groups excluding carboxylic acids is 1. The summed E-state index contributed by atoms with van der Waals surface area (Å²) in [6.07, 6.45) is 0.00255. The number of hydrogen-bond acceptors (Lipinski definition) is 3. The van der Waals surface area contributed by atoms with Crippen LogP contribution in [-0.4, -0.2) is 11.0 Å². The molecule has 37 heavy (non-hydrogen) atoms. The Morgan fingerprint density at radius 2 is 1.43 bits per heavy atom. The molecule has 5 rings (SSSR count). The number of hydrogen-bond donors (Lipinski definition) is 1. The van der Waals surface area contributed by atoms with Crippen molar-refractivity contribution in [2.24, 2.45) is 5.92 Å². The Morgan fingerprint density at radius 3 is 2.08 bits per heavy atom. The molecule has 0 saturated carbocycles. The van der Waals surface area contributed by atoms with Crippen molar-refractivity contribution in [3.05, 3.63) is 131 Å². The number of halogens is 2. The van der Waals surface area contributed by atoms with Crippen molar-refractivity contribution in [2.75, 3.05) is 4.90 Å². The van der Waals surface area contributed by atoms with Gasteiger partial charge in [-0.1, -0.05) is 54.6 Å². The Labute approximate surface area is 214 Å². The summed E-state index contributed by atoms with van der Waals surface area (Å²) in [6.45, 7) is 0.452. The molecule has 1 aliphatic rings. The second kappa shape index (κ2) is 10.9. The van der Waals surface area contributed by atoms with Gasteiger partial charge in [0.05, 0.1) is 18.1 Å². The Bertz CT molecular complexity index is 1330. The molecule has 1 saturated heterocycles. The molecular weight excluding hydrogens is 472 g/mol. The van der Waals surface area contributed by atoms with Crippen molar-refractivity contribution in [3.8, 4) is 5.75 Å². The van der Waals surface area contributed by atoms with E-state index in [4.69, 9.17) is 4.74 Å². The molecule has 4 nitrogen and oxygen atoms in total. The molecular formula is C31H27F2NO3. The summed E-state index contributed by atoms with van der Waals surface area (Å²) < 4.78 is 32.7. The molecule has 1 unspecified atom stereocenters. The van der Waals surface area contributed by atoms with E-state index in [1.54, 1.807) is 29.2 Å². The summed E-state index contributed by atoms with van der Waals surface area (Å²) in [5.41, 5.74) is 3.23. The molecule has 188 valence electrons. The van der Waals surface area contributed by atoms with Gasteiger partial charge in [-0.2, -0.15) is 0 Å². The molecule has 1 fully saturated rings. The number of amides is 1. The van der Waals surface area contributed by atoms with Crippen LogP contribution >= 0.6 is 0 Å². The highest BCUT2D eigenvalue weighted by Crippen LogP contribution is 2.46. The molecule has 0 spiro atoms. The molecule has 0 radical (unpaired) electrons. The monoisotopic (exact) mass is 499 g/mol. The number of β-lactam (4-membered cyclic amide) rings is 1. The van der Waals surface area contributed by atoms with Crippen LogP contribution in [0.25, 0.3) is 0 Å². The van der Waals surface area contributed by atoms with Crippen molar-refractivity contribution in [2.45, 2.75) is 31.6 Å². The van der Waals surface area contributed by atoms with Crippen LogP contribution in [0.1, 0.15) is 41.7 Å². The minimum absolute atomic E-state index is 0.0766. The number of aliphatic hydroxyl groups excluding tert-OH is 1. The van der Waals surface area contributed by atoms with E-state index < -0.39 is 6.10 Å². The lowest BCUT2D eigenvalue weighted by molar-refractivity contribution is -0.131. The third kappa shape index (κ3) is 5.54. The lowest BCUT2D eigenvalue weighted by Gasteiger charge is -2.48. The fraction of sp³-hybridized carbons (Fsp3) is 0.194. The first kappa shape index (κ1) is 24.7. The van der Waals surface area contributed by atoms with E-state index in [-0.39, 0.29) is 29.5 Å².